The van der Waals surface area contributed by atoms with Crippen LogP contribution in [0, 0.1) is 5.92 Å². The van der Waals surface area contributed by atoms with Gasteiger partial charge in [-0.25, -0.2) is 4.79 Å². The molecule has 1 N–H and O–H groups in total. The number of likely N-dealkylation sites (N-methyl/N-ethyl adjacent to an activating group) is 1. The minimum absolute atomic E-state index is 0.190. The molecule has 168 valence electrons. The van der Waals surface area contributed by atoms with Crippen molar-refractivity contribution in [2.45, 2.75) is 52.0 Å². The molecular weight excluding hydrogens is 392 g/mol. The maximum atomic E-state index is 12.6. The van der Waals surface area contributed by atoms with Crippen molar-refractivity contribution in [3.8, 4) is 0 Å². The minimum atomic E-state index is -0.971. The molecule has 2 aliphatic rings. The number of likely N-dealkylation sites (tertiary alicyclic amines) is 1. The zero-order valence-corrected chi connectivity index (χ0v) is 18.2. The summed E-state index contributed by atoms with van der Waals surface area (Å²) in [5, 5.41) is 2.68. The molecule has 0 aromatic heterocycles. The van der Waals surface area contributed by atoms with Crippen molar-refractivity contribution < 1.29 is 28.7 Å². The van der Waals surface area contributed by atoms with E-state index >= 15 is 0 Å². The summed E-state index contributed by atoms with van der Waals surface area (Å²) in [7, 11) is 1.46. The van der Waals surface area contributed by atoms with Crippen LogP contribution in [0.25, 0.3) is 0 Å². The van der Waals surface area contributed by atoms with Crippen molar-refractivity contribution in [1.29, 1.82) is 0 Å². The molecule has 0 saturated carbocycles. The molecule has 10 nitrogen and oxygen atoms in total. The summed E-state index contributed by atoms with van der Waals surface area (Å²) in [6, 6.07) is -0.593. The van der Waals surface area contributed by atoms with E-state index in [4.69, 9.17) is 4.74 Å². The van der Waals surface area contributed by atoms with Crippen LogP contribution in [-0.2, 0) is 23.9 Å². The Bertz CT molecular complexity index is 705. The largest absolute Gasteiger partial charge is 0.466 e. The number of carbonyl (C=O) groups excluding carboxylic acids is 5. The van der Waals surface area contributed by atoms with Gasteiger partial charge in [-0.3, -0.25) is 24.1 Å². The number of esters is 1. The fraction of sp³-hybridized carbons (Fsp3) is 0.750. The smallest absolute Gasteiger partial charge is 0.325 e. The molecule has 5 amide bonds. The highest BCUT2D eigenvalue weighted by atomic mass is 16.5. The van der Waals surface area contributed by atoms with Crippen LogP contribution in [0.5, 0.6) is 0 Å². The van der Waals surface area contributed by atoms with Gasteiger partial charge in [-0.1, -0.05) is 13.8 Å². The highest BCUT2D eigenvalue weighted by Gasteiger charge is 2.49. The summed E-state index contributed by atoms with van der Waals surface area (Å²) < 4.78 is 5.04. The van der Waals surface area contributed by atoms with Gasteiger partial charge in [0.25, 0.3) is 5.91 Å². The lowest BCUT2D eigenvalue weighted by Gasteiger charge is -2.32. The number of ether oxygens (including phenoxy) is 1. The lowest BCUT2D eigenvalue weighted by atomic mass is 9.93. The van der Waals surface area contributed by atoms with Gasteiger partial charge in [0.05, 0.1) is 19.1 Å². The molecule has 1 unspecified atom stereocenters. The molecule has 0 bridgehead atoms. The number of urea groups is 1. The summed E-state index contributed by atoms with van der Waals surface area (Å²) in [4.78, 5) is 65.6. The molecule has 10 heteroatoms. The third kappa shape index (κ3) is 4.91. The molecule has 30 heavy (non-hydrogen) atoms. The number of hydrogen-bond donors (Lipinski definition) is 1. The van der Waals surface area contributed by atoms with Crippen LogP contribution in [-0.4, -0.2) is 89.8 Å². The minimum Gasteiger partial charge on any atom is -0.466 e. The van der Waals surface area contributed by atoms with Crippen molar-refractivity contribution in [3.63, 3.8) is 0 Å². The standard InChI is InChI=1S/C20H32N4O6/c1-5-20(6-2)18(28)24(19(29)21-20)13-15(25)22(4)12-16(26)23-10-8-9-14(11-23)17(27)30-7-3/h14H,5-13H2,1-4H3,(H,21,29). The van der Waals surface area contributed by atoms with Crippen LogP contribution < -0.4 is 5.32 Å². The molecule has 1 atom stereocenters. The average molecular weight is 424 g/mol. The normalized spacial score (nSPS) is 20.7. The van der Waals surface area contributed by atoms with Crippen molar-refractivity contribution in [2.75, 3.05) is 39.8 Å². The molecular formula is C20H32N4O6. The van der Waals surface area contributed by atoms with Crippen LogP contribution in [0.2, 0.25) is 0 Å². The number of nitrogens with one attached hydrogen (secondary N) is 1. The Morgan fingerprint density at radius 2 is 1.87 bits per heavy atom. The Hall–Kier alpha value is -2.65. The lowest BCUT2D eigenvalue weighted by Crippen LogP contribution is -2.49. The highest BCUT2D eigenvalue weighted by molar-refractivity contribution is 6.09. The quantitative estimate of drug-likeness (QED) is 0.444. The van der Waals surface area contributed by atoms with E-state index in [1.54, 1.807) is 25.7 Å². The molecule has 2 aliphatic heterocycles. The van der Waals surface area contributed by atoms with Gasteiger partial charge in [0.1, 0.15) is 12.1 Å². The topological polar surface area (TPSA) is 116 Å². The first-order chi connectivity index (χ1) is 14.2. The third-order valence-electron chi connectivity index (χ3n) is 5.94. The van der Waals surface area contributed by atoms with Gasteiger partial charge in [0, 0.05) is 20.1 Å². The first-order valence-corrected chi connectivity index (χ1v) is 10.5. The van der Waals surface area contributed by atoms with E-state index in [1.807, 2.05) is 0 Å². The van der Waals surface area contributed by atoms with Crippen LogP contribution in [0.4, 0.5) is 4.79 Å². The fourth-order valence-electron chi connectivity index (χ4n) is 3.85. The Morgan fingerprint density at radius 1 is 1.20 bits per heavy atom. The Balaban J connectivity index is 1.92. The molecule has 0 aromatic rings. The van der Waals surface area contributed by atoms with E-state index < -0.39 is 29.9 Å². The Labute approximate surface area is 176 Å². The molecule has 2 fully saturated rings. The van der Waals surface area contributed by atoms with Crippen LogP contribution in [0.3, 0.4) is 0 Å². The second kappa shape index (κ2) is 9.90. The van der Waals surface area contributed by atoms with Crippen molar-refractivity contribution in [2.24, 2.45) is 5.92 Å². The predicted molar refractivity (Wildman–Crippen MR) is 107 cm³/mol. The number of rotatable bonds is 8. The van der Waals surface area contributed by atoms with Crippen molar-refractivity contribution >= 4 is 29.7 Å². The second-order valence-corrected chi connectivity index (χ2v) is 7.79. The van der Waals surface area contributed by atoms with Gasteiger partial charge in [-0.15, -0.1) is 0 Å². The van der Waals surface area contributed by atoms with E-state index in [2.05, 4.69) is 5.32 Å². The monoisotopic (exact) mass is 424 g/mol. The summed E-state index contributed by atoms with van der Waals surface area (Å²) in [6.45, 7) is 5.81. The summed E-state index contributed by atoms with van der Waals surface area (Å²) in [5.74, 6) is -1.87. The van der Waals surface area contributed by atoms with Crippen molar-refractivity contribution in [1.82, 2.24) is 20.0 Å². The molecule has 0 spiro atoms. The van der Waals surface area contributed by atoms with E-state index in [0.717, 1.165) is 4.90 Å². The second-order valence-electron chi connectivity index (χ2n) is 7.79. The van der Waals surface area contributed by atoms with Crippen LogP contribution in [0.15, 0.2) is 0 Å². The third-order valence-corrected chi connectivity index (χ3v) is 5.94. The summed E-state index contributed by atoms with van der Waals surface area (Å²) in [5.41, 5.74) is -0.971. The molecule has 0 radical (unpaired) electrons. The number of hydrogen-bond acceptors (Lipinski definition) is 6. The Morgan fingerprint density at radius 3 is 2.43 bits per heavy atom. The molecule has 2 heterocycles. The van der Waals surface area contributed by atoms with Gasteiger partial charge in [0.2, 0.25) is 11.8 Å². The SMILES string of the molecule is CCOC(=O)C1CCCN(C(=O)CN(C)C(=O)CN2C(=O)NC(CC)(CC)C2=O)C1. The lowest BCUT2D eigenvalue weighted by molar-refractivity contribution is -0.152. The van der Waals surface area contributed by atoms with Gasteiger partial charge in [-0.2, -0.15) is 0 Å². The zero-order chi connectivity index (χ0) is 22.5. The molecule has 0 aliphatic carbocycles. The van der Waals surface area contributed by atoms with Gasteiger partial charge in [-0.05, 0) is 32.6 Å². The summed E-state index contributed by atoms with van der Waals surface area (Å²) >= 11 is 0. The molecule has 2 rings (SSSR count). The first-order valence-electron chi connectivity index (χ1n) is 10.5. The van der Waals surface area contributed by atoms with Gasteiger partial charge in [0.15, 0.2) is 0 Å². The van der Waals surface area contributed by atoms with Crippen molar-refractivity contribution in [3.05, 3.63) is 0 Å². The van der Waals surface area contributed by atoms with Crippen LogP contribution in [0.1, 0.15) is 46.5 Å². The highest BCUT2D eigenvalue weighted by Crippen LogP contribution is 2.25. The van der Waals surface area contributed by atoms with E-state index in [-0.39, 0.29) is 30.9 Å². The molecule has 0 aromatic carbocycles. The number of carbonyl (C=O) groups is 5. The average Bonchev–Trinajstić information content (AvgIpc) is 2.98. The van der Waals surface area contributed by atoms with E-state index in [1.165, 1.54) is 11.9 Å². The Kier molecular flexibility index (Phi) is 7.80. The number of amides is 5. The van der Waals surface area contributed by atoms with Gasteiger partial charge < -0.3 is 19.9 Å². The maximum absolute atomic E-state index is 12.6. The maximum Gasteiger partial charge on any atom is 0.325 e. The summed E-state index contributed by atoms with van der Waals surface area (Å²) in [6.07, 6.45) is 2.22. The van der Waals surface area contributed by atoms with E-state index in [9.17, 15) is 24.0 Å². The molecule has 2 saturated heterocycles. The van der Waals surface area contributed by atoms with E-state index in [0.29, 0.717) is 38.8 Å². The number of nitrogens with zero attached hydrogens (tertiary/aromatic N) is 3. The van der Waals surface area contributed by atoms with Gasteiger partial charge >= 0.3 is 12.0 Å². The van der Waals surface area contributed by atoms with Crippen LogP contribution >= 0.6 is 0 Å². The number of imide groups is 1. The predicted octanol–water partition coefficient (Wildman–Crippen LogP) is 0.357. The fourth-order valence-corrected chi connectivity index (χ4v) is 3.85. The first kappa shape index (κ1) is 23.6. The zero-order valence-electron chi connectivity index (χ0n) is 18.2. The number of piperidine rings is 1.